The number of aryl methyl sites for hydroxylation is 1. The number of rotatable bonds is 2. The van der Waals surface area contributed by atoms with Gasteiger partial charge in [0.2, 0.25) is 0 Å². The summed E-state index contributed by atoms with van der Waals surface area (Å²) in [7, 11) is -4.00. The molecule has 0 saturated carbocycles. The smallest absolute Gasteiger partial charge is 0.235 e. The largest absolute Gasteiger partial charge is 0.323 e. The summed E-state index contributed by atoms with van der Waals surface area (Å²) < 4.78 is 25.6. The van der Waals surface area contributed by atoms with Gasteiger partial charge in [-0.05, 0) is 31.0 Å². The van der Waals surface area contributed by atoms with Crippen LogP contribution in [0.5, 0.6) is 0 Å². The predicted molar refractivity (Wildman–Crippen MR) is 46.8 cm³/mol. The van der Waals surface area contributed by atoms with Crippen molar-refractivity contribution in [2.24, 2.45) is 0 Å². The molecule has 1 aromatic rings. The molecule has 1 N–H and O–H groups in total. The van der Waals surface area contributed by atoms with Gasteiger partial charge < -0.3 is 0 Å². The van der Waals surface area contributed by atoms with Crippen LogP contribution >= 0.6 is 0 Å². The van der Waals surface area contributed by atoms with Crippen molar-refractivity contribution >= 4 is 10.1 Å². The summed E-state index contributed by atoms with van der Waals surface area (Å²) in [6, 6.07) is 4.76. The molecule has 72 valence electrons. The first kappa shape index (κ1) is 10.2. The highest BCUT2D eigenvalue weighted by molar-refractivity contribution is 7.86. The van der Waals surface area contributed by atoms with Crippen molar-refractivity contribution in [1.82, 2.24) is 0 Å². The molecule has 0 aliphatic rings. The molecular weight excluding hydrogens is 192 g/mol. The van der Waals surface area contributed by atoms with Gasteiger partial charge in [0.05, 0.1) is 4.90 Å². The lowest BCUT2D eigenvalue weighted by atomic mass is 10.1. The lowest BCUT2D eigenvalue weighted by molar-refractivity contribution is -0.130. The molecule has 0 aliphatic carbocycles. The van der Waals surface area contributed by atoms with E-state index in [1.165, 1.54) is 6.07 Å². The van der Waals surface area contributed by atoms with E-state index in [9.17, 15) is 8.42 Å². The van der Waals surface area contributed by atoms with Gasteiger partial charge in [-0.1, -0.05) is 12.1 Å². The molecule has 1 aromatic carbocycles. The molecule has 0 radical (unpaired) electrons. The second kappa shape index (κ2) is 3.45. The zero-order chi connectivity index (χ0) is 10.1. The quantitative estimate of drug-likeness (QED) is 0.582. The summed E-state index contributed by atoms with van der Waals surface area (Å²) >= 11 is 0. The summed E-state index contributed by atoms with van der Waals surface area (Å²) in [6.45, 7) is 3.44. The Labute approximate surface area is 76.8 Å². The van der Waals surface area contributed by atoms with E-state index in [0.717, 1.165) is 5.56 Å². The maximum Gasteiger partial charge on any atom is 0.323 e. The average molecular weight is 202 g/mol. The van der Waals surface area contributed by atoms with Gasteiger partial charge in [0.25, 0.3) is 0 Å². The van der Waals surface area contributed by atoms with Crippen LogP contribution < -0.4 is 0 Å². The monoisotopic (exact) mass is 202 g/mol. The summed E-state index contributed by atoms with van der Waals surface area (Å²) in [4.78, 5) is -0.00463. The molecule has 13 heavy (non-hydrogen) atoms. The predicted octanol–water partition coefficient (Wildman–Crippen LogP) is 1.48. The second-order valence-corrected chi connectivity index (χ2v) is 4.22. The van der Waals surface area contributed by atoms with E-state index in [2.05, 4.69) is 4.33 Å². The van der Waals surface area contributed by atoms with Crippen molar-refractivity contribution in [3.63, 3.8) is 0 Å². The van der Waals surface area contributed by atoms with Crippen LogP contribution in [-0.4, -0.2) is 13.7 Å². The highest BCUT2D eigenvalue weighted by Gasteiger charge is 2.17. The maximum atomic E-state index is 11.1. The van der Waals surface area contributed by atoms with Gasteiger partial charge in [0.15, 0.2) is 0 Å². The average Bonchev–Trinajstić information content (AvgIpc) is 2.09. The fourth-order valence-corrected chi connectivity index (χ4v) is 1.90. The Bertz CT molecular complexity index is 408. The minimum atomic E-state index is -4.00. The van der Waals surface area contributed by atoms with Crippen LogP contribution in [-0.2, 0) is 14.5 Å². The normalized spacial score (nSPS) is 11.6. The molecule has 4 nitrogen and oxygen atoms in total. The second-order valence-electron chi connectivity index (χ2n) is 2.73. The van der Waals surface area contributed by atoms with Crippen LogP contribution in [0.15, 0.2) is 23.1 Å². The van der Waals surface area contributed by atoms with E-state index in [4.69, 9.17) is 5.26 Å². The number of hydrogen-bond acceptors (Lipinski definition) is 4. The molecule has 0 saturated heterocycles. The Morgan fingerprint density at radius 2 is 1.92 bits per heavy atom. The van der Waals surface area contributed by atoms with Crippen LogP contribution in [0, 0.1) is 13.8 Å². The van der Waals surface area contributed by atoms with Crippen LogP contribution in [0.3, 0.4) is 0 Å². The van der Waals surface area contributed by atoms with E-state index in [0.29, 0.717) is 5.56 Å². The summed E-state index contributed by atoms with van der Waals surface area (Å²) in [5.74, 6) is 0. The summed E-state index contributed by atoms with van der Waals surface area (Å²) in [5.41, 5.74) is 1.41. The van der Waals surface area contributed by atoms with Crippen molar-refractivity contribution in [3.05, 3.63) is 29.3 Å². The highest BCUT2D eigenvalue weighted by atomic mass is 32.2. The van der Waals surface area contributed by atoms with E-state index in [-0.39, 0.29) is 4.90 Å². The van der Waals surface area contributed by atoms with E-state index < -0.39 is 10.1 Å². The van der Waals surface area contributed by atoms with Crippen molar-refractivity contribution in [3.8, 4) is 0 Å². The lowest BCUT2D eigenvalue weighted by Crippen LogP contribution is -2.05. The van der Waals surface area contributed by atoms with Crippen molar-refractivity contribution in [1.29, 1.82) is 0 Å². The maximum absolute atomic E-state index is 11.1. The molecule has 0 aliphatic heterocycles. The van der Waals surface area contributed by atoms with E-state index in [1.807, 2.05) is 0 Å². The lowest BCUT2D eigenvalue weighted by Gasteiger charge is -2.05. The van der Waals surface area contributed by atoms with E-state index >= 15 is 0 Å². The van der Waals surface area contributed by atoms with Gasteiger partial charge in [-0.15, -0.1) is 4.33 Å². The third-order valence-corrected chi connectivity index (χ3v) is 3.10. The van der Waals surface area contributed by atoms with Crippen molar-refractivity contribution < 1.29 is 18.0 Å². The molecule has 0 heterocycles. The third kappa shape index (κ3) is 1.88. The molecule has 0 aromatic heterocycles. The first-order chi connectivity index (χ1) is 5.99. The minimum Gasteiger partial charge on any atom is -0.235 e. The molecule has 0 spiro atoms. The zero-order valence-corrected chi connectivity index (χ0v) is 8.13. The third-order valence-electron chi connectivity index (χ3n) is 1.92. The Hall–Kier alpha value is -0.910. The van der Waals surface area contributed by atoms with Crippen LogP contribution in [0.25, 0.3) is 0 Å². The van der Waals surface area contributed by atoms with Gasteiger partial charge in [0, 0.05) is 0 Å². The Morgan fingerprint density at radius 3 is 2.46 bits per heavy atom. The molecule has 1 rings (SSSR count). The molecule has 0 amide bonds. The van der Waals surface area contributed by atoms with Crippen molar-refractivity contribution in [2.75, 3.05) is 0 Å². The van der Waals surface area contributed by atoms with Gasteiger partial charge in [0.1, 0.15) is 0 Å². The minimum absolute atomic E-state index is 0.00463. The zero-order valence-electron chi connectivity index (χ0n) is 7.31. The number of hydrogen-bond donors (Lipinski definition) is 1. The van der Waals surface area contributed by atoms with E-state index in [1.54, 1.807) is 26.0 Å². The first-order valence-corrected chi connectivity index (χ1v) is 5.04. The Kier molecular flexibility index (Phi) is 2.70. The standard InChI is InChI=1S/C8H10O4S/c1-6-4-3-5-8(7(6)2)13(10,11)12-9/h3-5,9H,1-2H3. The summed E-state index contributed by atoms with van der Waals surface area (Å²) in [5, 5.41) is 8.17. The molecule has 0 atom stereocenters. The first-order valence-electron chi connectivity index (χ1n) is 3.63. The van der Waals surface area contributed by atoms with Gasteiger partial charge in [-0.2, -0.15) is 8.42 Å². The van der Waals surface area contributed by atoms with Gasteiger partial charge in [-0.25, -0.2) is 5.26 Å². The molecule has 0 fully saturated rings. The molecule has 0 unspecified atom stereocenters. The molecular formula is C8H10O4S. The molecule has 5 heteroatoms. The van der Waals surface area contributed by atoms with Gasteiger partial charge in [-0.3, -0.25) is 0 Å². The highest BCUT2D eigenvalue weighted by Crippen LogP contribution is 2.19. The SMILES string of the molecule is Cc1cccc(S(=O)(=O)OO)c1C. The fourth-order valence-electron chi connectivity index (χ4n) is 1.04. The summed E-state index contributed by atoms with van der Waals surface area (Å²) in [6.07, 6.45) is 0. The fraction of sp³-hybridized carbons (Fsp3) is 0.250. The van der Waals surface area contributed by atoms with Crippen LogP contribution in [0.4, 0.5) is 0 Å². The Balaban J connectivity index is 3.40. The Morgan fingerprint density at radius 1 is 1.31 bits per heavy atom. The van der Waals surface area contributed by atoms with Crippen LogP contribution in [0.1, 0.15) is 11.1 Å². The topological polar surface area (TPSA) is 63.6 Å². The van der Waals surface area contributed by atoms with Gasteiger partial charge >= 0.3 is 10.1 Å². The molecule has 0 bridgehead atoms. The van der Waals surface area contributed by atoms with Crippen LogP contribution in [0.2, 0.25) is 0 Å². The van der Waals surface area contributed by atoms with Crippen molar-refractivity contribution in [2.45, 2.75) is 18.7 Å². The number of benzene rings is 1.